The van der Waals surface area contributed by atoms with Gasteiger partial charge in [-0.1, -0.05) is 66.7 Å². The molecule has 1 amide bonds. The number of carbonyl (C=O) groups excluding carboxylic acids is 1. The fourth-order valence-corrected chi connectivity index (χ4v) is 4.30. The molecule has 0 saturated heterocycles. The lowest BCUT2D eigenvalue weighted by Crippen LogP contribution is -2.29. The minimum Gasteiger partial charge on any atom is -0.496 e. The molecule has 8 heteroatoms. The summed E-state index contributed by atoms with van der Waals surface area (Å²) < 4.78 is 12.8. The summed E-state index contributed by atoms with van der Waals surface area (Å²) in [5.74, 6) is 0.986. The van der Waals surface area contributed by atoms with Gasteiger partial charge in [0.1, 0.15) is 17.8 Å². The molecule has 5 rings (SSSR count). The van der Waals surface area contributed by atoms with Crippen LogP contribution in [-0.2, 0) is 0 Å². The second-order valence-electron chi connectivity index (χ2n) is 8.29. The van der Waals surface area contributed by atoms with Crippen LogP contribution in [0.3, 0.4) is 0 Å². The standard InChI is InChI=1S/C29H25N5O3/c1-36-25-14-9-15-26(37-2)27(25)22-16-23(18-24(17-22)34-19-30-32-33-34)29(35)31-28(20-10-5-3-6-11-20)21-12-7-4-8-13-21/h3-19,28H,1-2H3,(H,31,35). The summed E-state index contributed by atoms with van der Waals surface area (Å²) in [6, 6.07) is 30.4. The Morgan fingerprint density at radius 1 is 0.811 bits per heavy atom. The fraction of sp³-hybridized carbons (Fsp3) is 0.103. The quantitative estimate of drug-likeness (QED) is 0.333. The smallest absolute Gasteiger partial charge is 0.252 e. The summed E-state index contributed by atoms with van der Waals surface area (Å²) in [6.07, 6.45) is 1.48. The molecule has 0 saturated carbocycles. The molecule has 0 aliphatic carbocycles. The maximum absolute atomic E-state index is 13.8. The van der Waals surface area contributed by atoms with Crippen LogP contribution in [0.5, 0.6) is 11.5 Å². The molecule has 0 aliphatic heterocycles. The number of nitrogens with one attached hydrogen (secondary N) is 1. The third-order valence-electron chi connectivity index (χ3n) is 6.05. The first-order chi connectivity index (χ1) is 18.2. The van der Waals surface area contributed by atoms with Crippen LogP contribution < -0.4 is 14.8 Å². The molecule has 1 N–H and O–H groups in total. The van der Waals surface area contributed by atoms with Crippen molar-refractivity contribution in [3.8, 4) is 28.3 Å². The van der Waals surface area contributed by atoms with Crippen molar-refractivity contribution in [2.24, 2.45) is 0 Å². The highest BCUT2D eigenvalue weighted by Gasteiger charge is 2.21. The maximum Gasteiger partial charge on any atom is 0.252 e. The van der Waals surface area contributed by atoms with Gasteiger partial charge in [-0.25, -0.2) is 4.68 Å². The second-order valence-corrected chi connectivity index (χ2v) is 8.29. The molecule has 0 radical (unpaired) electrons. The van der Waals surface area contributed by atoms with Gasteiger partial charge in [0, 0.05) is 5.56 Å². The van der Waals surface area contributed by atoms with E-state index in [0.29, 0.717) is 22.7 Å². The Balaban J connectivity index is 1.61. The predicted octanol–water partition coefficient (Wildman–Crippen LogP) is 4.87. The van der Waals surface area contributed by atoms with Crippen molar-refractivity contribution in [2.45, 2.75) is 6.04 Å². The molecule has 8 nitrogen and oxygen atoms in total. The Labute approximate surface area is 214 Å². The molecule has 1 heterocycles. The van der Waals surface area contributed by atoms with Crippen LogP contribution in [0.25, 0.3) is 16.8 Å². The molecule has 0 aliphatic rings. The van der Waals surface area contributed by atoms with Gasteiger partial charge < -0.3 is 14.8 Å². The molecular formula is C29H25N5O3. The van der Waals surface area contributed by atoms with Gasteiger partial charge in [0.2, 0.25) is 0 Å². The molecule has 0 spiro atoms. The van der Waals surface area contributed by atoms with E-state index in [1.165, 1.54) is 11.0 Å². The number of hydrogen-bond acceptors (Lipinski definition) is 6. The van der Waals surface area contributed by atoms with E-state index in [1.54, 1.807) is 20.3 Å². The number of ether oxygens (including phenoxy) is 2. The summed E-state index contributed by atoms with van der Waals surface area (Å²) in [7, 11) is 3.20. The first kappa shape index (κ1) is 23.7. The number of carbonyl (C=O) groups is 1. The normalized spacial score (nSPS) is 10.8. The minimum absolute atomic E-state index is 0.247. The molecule has 0 fully saturated rings. The first-order valence-electron chi connectivity index (χ1n) is 11.7. The van der Waals surface area contributed by atoms with Gasteiger partial charge in [-0.2, -0.15) is 0 Å². The van der Waals surface area contributed by atoms with Crippen molar-refractivity contribution < 1.29 is 14.3 Å². The lowest BCUT2D eigenvalue weighted by atomic mass is 9.97. The Bertz CT molecular complexity index is 1430. The predicted molar refractivity (Wildman–Crippen MR) is 140 cm³/mol. The molecule has 1 aromatic heterocycles. The van der Waals surface area contributed by atoms with Gasteiger partial charge >= 0.3 is 0 Å². The summed E-state index contributed by atoms with van der Waals surface area (Å²) in [5.41, 5.74) is 4.46. The number of tetrazole rings is 1. The van der Waals surface area contributed by atoms with E-state index in [2.05, 4.69) is 20.8 Å². The van der Waals surface area contributed by atoms with Crippen LogP contribution in [0.15, 0.2) is 103 Å². The molecule has 37 heavy (non-hydrogen) atoms. The molecular weight excluding hydrogens is 466 g/mol. The van der Waals surface area contributed by atoms with Crippen LogP contribution in [0.1, 0.15) is 27.5 Å². The van der Waals surface area contributed by atoms with Gasteiger partial charge in [0.15, 0.2) is 0 Å². The van der Waals surface area contributed by atoms with E-state index < -0.39 is 0 Å². The number of rotatable bonds is 8. The maximum atomic E-state index is 13.8. The fourth-order valence-electron chi connectivity index (χ4n) is 4.30. The van der Waals surface area contributed by atoms with E-state index in [-0.39, 0.29) is 11.9 Å². The SMILES string of the molecule is COc1cccc(OC)c1-c1cc(C(=O)NC(c2ccccc2)c2ccccc2)cc(-n2cnnn2)c1. The highest BCUT2D eigenvalue weighted by molar-refractivity contribution is 5.97. The van der Waals surface area contributed by atoms with Crippen molar-refractivity contribution >= 4 is 5.91 Å². The van der Waals surface area contributed by atoms with E-state index in [4.69, 9.17) is 9.47 Å². The zero-order valence-electron chi connectivity index (χ0n) is 20.4. The highest BCUT2D eigenvalue weighted by Crippen LogP contribution is 2.39. The van der Waals surface area contributed by atoms with Gasteiger partial charge in [-0.05, 0) is 57.4 Å². The topological polar surface area (TPSA) is 91.2 Å². The zero-order valence-corrected chi connectivity index (χ0v) is 20.4. The van der Waals surface area contributed by atoms with Crippen LogP contribution in [0.4, 0.5) is 0 Å². The Kier molecular flexibility index (Phi) is 6.89. The van der Waals surface area contributed by atoms with Gasteiger partial charge in [0.25, 0.3) is 5.91 Å². The second kappa shape index (κ2) is 10.7. The summed E-state index contributed by atoms with van der Waals surface area (Å²) in [6.45, 7) is 0. The average Bonchev–Trinajstić information content (AvgIpc) is 3.51. The number of amides is 1. The Hall–Kier alpha value is -4.98. The summed E-state index contributed by atoms with van der Waals surface area (Å²) >= 11 is 0. The van der Waals surface area contributed by atoms with E-state index in [1.807, 2.05) is 91.0 Å². The van der Waals surface area contributed by atoms with Crippen LogP contribution in [0, 0.1) is 0 Å². The van der Waals surface area contributed by atoms with Crippen molar-refractivity contribution in [3.63, 3.8) is 0 Å². The van der Waals surface area contributed by atoms with E-state index in [9.17, 15) is 4.79 Å². The number of benzene rings is 4. The van der Waals surface area contributed by atoms with E-state index >= 15 is 0 Å². The Morgan fingerprint density at radius 3 is 1.97 bits per heavy atom. The molecule has 0 unspecified atom stereocenters. The summed E-state index contributed by atoms with van der Waals surface area (Å²) in [5, 5.41) is 14.7. The lowest BCUT2D eigenvalue weighted by molar-refractivity contribution is 0.0943. The minimum atomic E-state index is -0.337. The number of hydrogen-bond donors (Lipinski definition) is 1. The molecule has 0 atom stereocenters. The van der Waals surface area contributed by atoms with Gasteiger partial charge in [-0.15, -0.1) is 5.10 Å². The molecule has 5 aromatic rings. The van der Waals surface area contributed by atoms with Crippen LogP contribution in [0.2, 0.25) is 0 Å². The molecule has 4 aromatic carbocycles. The summed E-state index contributed by atoms with van der Waals surface area (Å²) in [4.78, 5) is 13.8. The number of aromatic nitrogens is 4. The average molecular weight is 492 g/mol. The van der Waals surface area contributed by atoms with Gasteiger partial charge in [-0.3, -0.25) is 4.79 Å². The lowest BCUT2D eigenvalue weighted by Gasteiger charge is -2.21. The van der Waals surface area contributed by atoms with Crippen molar-refractivity contribution in [2.75, 3.05) is 14.2 Å². The largest absolute Gasteiger partial charge is 0.496 e. The number of methoxy groups -OCH3 is 2. The van der Waals surface area contributed by atoms with Gasteiger partial charge in [0.05, 0.1) is 31.5 Å². The first-order valence-corrected chi connectivity index (χ1v) is 11.7. The van der Waals surface area contributed by atoms with Crippen molar-refractivity contribution in [1.82, 2.24) is 25.5 Å². The molecule has 0 bridgehead atoms. The monoisotopic (exact) mass is 491 g/mol. The third-order valence-corrected chi connectivity index (χ3v) is 6.05. The molecule has 184 valence electrons. The van der Waals surface area contributed by atoms with Crippen molar-refractivity contribution in [3.05, 3.63) is 120 Å². The van der Waals surface area contributed by atoms with E-state index in [0.717, 1.165) is 22.3 Å². The third kappa shape index (κ3) is 5.04. The zero-order chi connectivity index (χ0) is 25.6. The Morgan fingerprint density at radius 2 is 1.43 bits per heavy atom. The van der Waals surface area contributed by atoms with Crippen LogP contribution >= 0.6 is 0 Å². The highest BCUT2D eigenvalue weighted by atomic mass is 16.5. The van der Waals surface area contributed by atoms with Crippen LogP contribution in [-0.4, -0.2) is 40.3 Å². The van der Waals surface area contributed by atoms with Crippen molar-refractivity contribution in [1.29, 1.82) is 0 Å². The number of nitrogens with zero attached hydrogens (tertiary/aromatic N) is 4.